The molecule has 0 amide bonds. The largest absolute Gasteiger partial charge is 0.354 e. The molecule has 1 aromatic carbocycles. The predicted octanol–water partition coefficient (Wildman–Crippen LogP) is 2.77. The molecule has 0 aliphatic heterocycles. The van der Waals surface area contributed by atoms with Crippen molar-refractivity contribution >= 4 is 27.5 Å². The van der Waals surface area contributed by atoms with Gasteiger partial charge in [-0.2, -0.15) is 0 Å². The molecule has 1 N–H and O–H groups in total. The van der Waals surface area contributed by atoms with Crippen LogP contribution in [0.25, 0.3) is 0 Å². The van der Waals surface area contributed by atoms with E-state index >= 15 is 0 Å². The minimum absolute atomic E-state index is 0.319. The SMILES string of the molecule is CCNc1nc(C)cc(Sc2ccc(S(C)(=O)=O)cc2)n1. The van der Waals surface area contributed by atoms with Gasteiger partial charge in [0.2, 0.25) is 5.95 Å². The summed E-state index contributed by atoms with van der Waals surface area (Å²) in [7, 11) is -3.16. The number of aromatic nitrogens is 2. The number of nitrogens with zero attached hydrogens (tertiary/aromatic N) is 2. The van der Waals surface area contributed by atoms with Gasteiger partial charge in [-0.25, -0.2) is 18.4 Å². The summed E-state index contributed by atoms with van der Waals surface area (Å²) >= 11 is 1.48. The van der Waals surface area contributed by atoms with E-state index in [-0.39, 0.29) is 0 Å². The van der Waals surface area contributed by atoms with Gasteiger partial charge in [0, 0.05) is 23.4 Å². The smallest absolute Gasteiger partial charge is 0.223 e. The van der Waals surface area contributed by atoms with Crippen molar-refractivity contribution in [1.82, 2.24) is 9.97 Å². The average Bonchev–Trinajstić information content (AvgIpc) is 2.38. The summed E-state index contributed by atoms with van der Waals surface area (Å²) in [5.41, 5.74) is 0.885. The lowest BCUT2D eigenvalue weighted by Gasteiger charge is -2.07. The first-order valence-corrected chi connectivity index (χ1v) is 9.17. The zero-order valence-corrected chi connectivity index (χ0v) is 13.8. The zero-order valence-electron chi connectivity index (χ0n) is 12.1. The van der Waals surface area contributed by atoms with Crippen molar-refractivity contribution in [2.45, 2.75) is 28.7 Å². The summed E-state index contributed by atoms with van der Waals surface area (Å²) in [5, 5.41) is 3.91. The van der Waals surface area contributed by atoms with Gasteiger partial charge in [0.15, 0.2) is 9.84 Å². The van der Waals surface area contributed by atoms with Gasteiger partial charge in [0.1, 0.15) is 5.03 Å². The first-order valence-electron chi connectivity index (χ1n) is 6.46. The van der Waals surface area contributed by atoms with Crippen LogP contribution in [-0.2, 0) is 9.84 Å². The van der Waals surface area contributed by atoms with Crippen LogP contribution in [0.5, 0.6) is 0 Å². The van der Waals surface area contributed by atoms with Crippen LogP contribution in [-0.4, -0.2) is 31.2 Å². The molecule has 0 aliphatic rings. The molecule has 0 bridgehead atoms. The Morgan fingerprint density at radius 3 is 2.43 bits per heavy atom. The summed E-state index contributed by atoms with van der Waals surface area (Å²) in [5.74, 6) is 0.604. The molecule has 2 aromatic rings. The monoisotopic (exact) mass is 323 g/mol. The second-order valence-electron chi connectivity index (χ2n) is 4.55. The van der Waals surface area contributed by atoms with Gasteiger partial charge in [-0.05, 0) is 44.2 Å². The standard InChI is InChI=1S/C14H17N3O2S2/c1-4-15-14-16-10(2)9-13(17-14)20-11-5-7-12(8-6-11)21(3,18)19/h5-9H,4H2,1-3H3,(H,15,16,17). The lowest BCUT2D eigenvalue weighted by molar-refractivity contribution is 0.602. The highest BCUT2D eigenvalue weighted by molar-refractivity contribution is 7.99. The minimum atomic E-state index is -3.16. The Kier molecular flexibility index (Phi) is 4.84. The molecule has 0 aliphatic carbocycles. The molecular formula is C14H17N3O2S2. The summed E-state index contributed by atoms with van der Waals surface area (Å²) in [6, 6.07) is 8.68. The maximum absolute atomic E-state index is 11.4. The first-order chi connectivity index (χ1) is 9.88. The highest BCUT2D eigenvalue weighted by Gasteiger charge is 2.08. The van der Waals surface area contributed by atoms with Gasteiger partial charge in [-0.3, -0.25) is 0 Å². The fourth-order valence-corrected chi connectivity index (χ4v) is 3.21. The summed E-state index contributed by atoms with van der Waals surface area (Å²) in [4.78, 5) is 9.96. The fourth-order valence-electron chi connectivity index (χ4n) is 1.70. The van der Waals surface area contributed by atoms with E-state index in [1.807, 2.05) is 19.9 Å². The quantitative estimate of drug-likeness (QED) is 0.853. The van der Waals surface area contributed by atoms with Crippen LogP contribution in [0.2, 0.25) is 0 Å². The van der Waals surface area contributed by atoms with E-state index in [0.717, 1.165) is 22.2 Å². The molecule has 21 heavy (non-hydrogen) atoms. The number of hydrogen-bond donors (Lipinski definition) is 1. The van der Waals surface area contributed by atoms with Gasteiger partial charge in [0.25, 0.3) is 0 Å². The van der Waals surface area contributed by atoms with E-state index in [1.54, 1.807) is 24.3 Å². The second kappa shape index (κ2) is 6.44. The van der Waals surface area contributed by atoms with Crippen LogP contribution in [0.3, 0.4) is 0 Å². The molecule has 0 fully saturated rings. The number of hydrogen-bond acceptors (Lipinski definition) is 6. The van der Waals surface area contributed by atoms with E-state index in [0.29, 0.717) is 10.8 Å². The van der Waals surface area contributed by atoms with Crippen LogP contribution >= 0.6 is 11.8 Å². The van der Waals surface area contributed by atoms with Gasteiger partial charge in [-0.15, -0.1) is 0 Å². The Balaban J connectivity index is 2.22. The molecule has 0 saturated carbocycles. The number of sulfone groups is 1. The van der Waals surface area contributed by atoms with Gasteiger partial charge < -0.3 is 5.32 Å². The van der Waals surface area contributed by atoms with Crippen molar-refractivity contribution < 1.29 is 8.42 Å². The van der Waals surface area contributed by atoms with Crippen molar-refractivity contribution in [2.24, 2.45) is 0 Å². The minimum Gasteiger partial charge on any atom is -0.354 e. The average molecular weight is 323 g/mol. The Hall–Kier alpha value is -1.60. The molecule has 2 rings (SSSR count). The fraction of sp³-hybridized carbons (Fsp3) is 0.286. The topological polar surface area (TPSA) is 72.0 Å². The Bertz CT molecular complexity index is 728. The molecule has 0 atom stereocenters. The van der Waals surface area contributed by atoms with Gasteiger partial charge in [-0.1, -0.05) is 11.8 Å². The molecular weight excluding hydrogens is 306 g/mol. The third kappa shape index (κ3) is 4.44. The van der Waals surface area contributed by atoms with E-state index in [9.17, 15) is 8.42 Å². The van der Waals surface area contributed by atoms with E-state index in [4.69, 9.17) is 0 Å². The molecule has 0 unspecified atom stereocenters. The maximum atomic E-state index is 11.4. The second-order valence-corrected chi connectivity index (χ2v) is 7.66. The maximum Gasteiger partial charge on any atom is 0.223 e. The van der Waals surface area contributed by atoms with Crippen molar-refractivity contribution in [1.29, 1.82) is 0 Å². The van der Waals surface area contributed by atoms with E-state index < -0.39 is 9.84 Å². The third-order valence-corrected chi connectivity index (χ3v) is 4.69. The number of rotatable bonds is 5. The highest BCUT2D eigenvalue weighted by atomic mass is 32.2. The van der Waals surface area contributed by atoms with Crippen molar-refractivity contribution in [3.05, 3.63) is 36.0 Å². The molecule has 0 radical (unpaired) electrons. The number of anilines is 1. The number of benzene rings is 1. The molecule has 112 valence electrons. The van der Waals surface area contributed by atoms with Crippen molar-refractivity contribution in [3.63, 3.8) is 0 Å². The Morgan fingerprint density at radius 2 is 1.86 bits per heavy atom. The van der Waals surface area contributed by atoms with E-state index in [2.05, 4.69) is 15.3 Å². The van der Waals surface area contributed by atoms with E-state index in [1.165, 1.54) is 18.0 Å². The molecule has 7 heteroatoms. The lowest BCUT2D eigenvalue weighted by Crippen LogP contribution is -2.03. The number of nitrogens with one attached hydrogen (secondary N) is 1. The van der Waals surface area contributed by atoms with Crippen LogP contribution in [0.1, 0.15) is 12.6 Å². The highest BCUT2D eigenvalue weighted by Crippen LogP contribution is 2.28. The Morgan fingerprint density at radius 1 is 1.19 bits per heavy atom. The third-order valence-electron chi connectivity index (χ3n) is 2.64. The summed E-state index contributed by atoms with van der Waals surface area (Å²) in [6.07, 6.45) is 1.20. The van der Waals surface area contributed by atoms with Crippen LogP contribution < -0.4 is 5.32 Å². The lowest BCUT2D eigenvalue weighted by atomic mass is 10.4. The van der Waals surface area contributed by atoms with Crippen molar-refractivity contribution in [2.75, 3.05) is 18.1 Å². The van der Waals surface area contributed by atoms with Crippen LogP contribution in [0.15, 0.2) is 45.1 Å². The van der Waals surface area contributed by atoms with Crippen molar-refractivity contribution in [3.8, 4) is 0 Å². The van der Waals surface area contributed by atoms with Crippen LogP contribution in [0, 0.1) is 6.92 Å². The molecule has 1 heterocycles. The zero-order chi connectivity index (χ0) is 15.5. The molecule has 1 aromatic heterocycles. The Labute approximate surface area is 129 Å². The predicted molar refractivity (Wildman–Crippen MR) is 84.6 cm³/mol. The number of aryl methyl sites for hydroxylation is 1. The molecule has 0 spiro atoms. The molecule has 0 saturated heterocycles. The normalized spacial score (nSPS) is 11.4. The summed E-state index contributed by atoms with van der Waals surface area (Å²) in [6.45, 7) is 4.67. The van der Waals surface area contributed by atoms with Gasteiger partial charge in [0.05, 0.1) is 4.90 Å². The van der Waals surface area contributed by atoms with Gasteiger partial charge >= 0.3 is 0 Å². The summed E-state index contributed by atoms with van der Waals surface area (Å²) < 4.78 is 22.9. The first kappa shape index (κ1) is 15.8. The van der Waals surface area contributed by atoms with Crippen LogP contribution in [0.4, 0.5) is 5.95 Å². The molecule has 5 nitrogen and oxygen atoms in total.